The zero-order valence-corrected chi connectivity index (χ0v) is 14.5. The van der Waals surface area contributed by atoms with Crippen LogP contribution in [0.1, 0.15) is 29.2 Å². The van der Waals surface area contributed by atoms with Gasteiger partial charge >= 0.3 is 5.69 Å². The second kappa shape index (κ2) is 5.96. The number of hydrogen-bond donors (Lipinski definition) is 2. The molecule has 7 nitrogen and oxygen atoms in total. The Morgan fingerprint density at radius 3 is 2.80 bits per heavy atom. The van der Waals surface area contributed by atoms with E-state index in [0.29, 0.717) is 11.3 Å². The summed E-state index contributed by atoms with van der Waals surface area (Å²) >= 11 is 3.34. The monoisotopic (exact) mass is 400 g/mol. The number of hydrogen-bond acceptors (Lipinski definition) is 4. The Balaban J connectivity index is 1.75. The Hall–Kier alpha value is -2.74. The number of nitrogens with one attached hydrogen (secondary N) is 2. The average molecular weight is 401 g/mol. The third-order valence-corrected chi connectivity index (χ3v) is 4.53. The largest absolute Gasteiger partial charge is 0.330 e. The van der Waals surface area contributed by atoms with Crippen molar-refractivity contribution in [3.05, 3.63) is 67.4 Å². The fraction of sp³-hybridized carbons (Fsp3) is 0.176. The molecule has 25 heavy (non-hydrogen) atoms. The third-order valence-electron chi connectivity index (χ3n) is 4.04. The van der Waals surface area contributed by atoms with E-state index >= 15 is 0 Å². The summed E-state index contributed by atoms with van der Waals surface area (Å²) in [6.07, 6.45) is 3.15. The van der Waals surface area contributed by atoms with Crippen LogP contribution in [-0.2, 0) is 0 Å². The second-order valence-corrected chi connectivity index (χ2v) is 6.84. The van der Waals surface area contributed by atoms with Crippen molar-refractivity contribution in [1.29, 1.82) is 0 Å². The Labute approximate surface area is 149 Å². The van der Waals surface area contributed by atoms with Crippen LogP contribution in [0.5, 0.6) is 0 Å². The van der Waals surface area contributed by atoms with E-state index in [4.69, 9.17) is 0 Å². The first kappa shape index (κ1) is 15.8. The van der Waals surface area contributed by atoms with Gasteiger partial charge in [-0.15, -0.1) is 0 Å². The molecule has 8 heteroatoms. The summed E-state index contributed by atoms with van der Waals surface area (Å²) in [7, 11) is 0. The summed E-state index contributed by atoms with van der Waals surface area (Å²) in [6, 6.07) is 8.72. The number of benzene rings is 1. The molecule has 1 aliphatic carbocycles. The number of carbonyl (C=O) groups is 1. The summed E-state index contributed by atoms with van der Waals surface area (Å²) in [6.45, 7) is 0. The molecule has 2 N–H and O–H groups in total. The lowest BCUT2D eigenvalue weighted by Gasteiger charge is -2.09. The Bertz CT molecular complexity index is 1110. The van der Waals surface area contributed by atoms with Gasteiger partial charge in [0.2, 0.25) is 0 Å². The van der Waals surface area contributed by atoms with Crippen molar-refractivity contribution in [3.63, 3.8) is 0 Å². The normalized spacial score (nSPS) is 13.8. The summed E-state index contributed by atoms with van der Waals surface area (Å²) in [5, 5.41) is 2.98. The van der Waals surface area contributed by atoms with E-state index in [0.717, 1.165) is 17.3 Å². The molecule has 0 aliphatic heterocycles. The van der Waals surface area contributed by atoms with Gasteiger partial charge in [0, 0.05) is 22.4 Å². The van der Waals surface area contributed by atoms with Crippen LogP contribution in [0, 0.1) is 0 Å². The molecule has 1 saturated carbocycles. The van der Waals surface area contributed by atoms with Crippen molar-refractivity contribution in [2.45, 2.75) is 18.9 Å². The van der Waals surface area contributed by atoms with Crippen molar-refractivity contribution in [2.24, 2.45) is 0 Å². The molecular formula is C17H13BrN4O3. The molecule has 1 amide bonds. The van der Waals surface area contributed by atoms with E-state index < -0.39 is 11.2 Å². The molecular weight excluding hydrogens is 388 g/mol. The molecule has 0 saturated heterocycles. The van der Waals surface area contributed by atoms with Crippen molar-refractivity contribution >= 4 is 38.6 Å². The number of rotatable bonds is 3. The van der Waals surface area contributed by atoms with Gasteiger partial charge in [0.1, 0.15) is 5.65 Å². The van der Waals surface area contributed by atoms with Gasteiger partial charge in [-0.1, -0.05) is 22.0 Å². The number of nitrogens with zero attached hydrogens (tertiary/aromatic N) is 2. The fourth-order valence-electron chi connectivity index (χ4n) is 2.70. The molecule has 126 valence electrons. The van der Waals surface area contributed by atoms with Crippen molar-refractivity contribution in [1.82, 2.24) is 14.5 Å². The van der Waals surface area contributed by atoms with E-state index in [-0.39, 0.29) is 22.9 Å². The van der Waals surface area contributed by atoms with E-state index in [9.17, 15) is 14.4 Å². The highest BCUT2D eigenvalue weighted by molar-refractivity contribution is 9.10. The highest BCUT2D eigenvalue weighted by atomic mass is 79.9. The maximum absolute atomic E-state index is 12.4. The quantitative estimate of drug-likeness (QED) is 0.705. The molecule has 0 atom stereocenters. The van der Waals surface area contributed by atoms with Gasteiger partial charge in [0.05, 0.1) is 10.9 Å². The fourth-order valence-corrected chi connectivity index (χ4v) is 3.10. The lowest BCUT2D eigenvalue weighted by atomic mass is 10.2. The molecule has 1 aromatic carbocycles. The van der Waals surface area contributed by atoms with Crippen molar-refractivity contribution < 1.29 is 4.79 Å². The number of amides is 1. The van der Waals surface area contributed by atoms with E-state index in [1.807, 2.05) is 6.07 Å². The van der Waals surface area contributed by atoms with Crippen LogP contribution in [0.25, 0.3) is 11.0 Å². The van der Waals surface area contributed by atoms with Gasteiger partial charge in [0.15, 0.2) is 0 Å². The first-order valence-corrected chi connectivity index (χ1v) is 8.54. The lowest BCUT2D eigenvalue weighted by Crippen LogP contribution is -2.30. The molecule has 0 radical (unpaired) electrons. The number of aromatic amines is 1. The van der Waals surface area contributed by atoms with E-state index in [1.165, 1.54) is 16.8 Å². The zero-order valence-electron chi connectivity index (χ0n) is 13.0. The number of H-pyrrole nitrogens is 1. The minimum absolute atomic E-state index is 0.0701. The Kier molecular flexibility index (Phi) is 3.76. The van der Waals surface area contributed by atoms with Crippen LogP contribution in [0.3, 0.4) is 0 Å². The number of pyridine rings is 1. The Morgan fingerprint density at radius 2 is 2.08 bits per heavy atom. The molecule has 1 fully saturated rings. The van der Waals surface area contributed by atoms with Crippen molar-refractivity contribution in [2.75, 3.05) is 5.32 Å². The van der Waals surface area contributed by atoms with E-state index in [1.54, 1.807) is 18.2 Å². The number of aromatic nitrogens is 3. The standard InChI is InChI=1S/C17H13BrN4O3/c18-10-2-1-3-11(7-10)20-15(23)9-6-13-14(19-8-9)22(12-4-5-12)17(25)21-16(13)24/h1-3,6-8,12H,4-5H2,(H,20,23)(H,21,24,25). The van der Waals surface area contributed by atoms with Crippen LogP contribution in [0.15, 0.2) is 50.6 Å². The number of anilines is 1. The van der Waals surface area contributed by atoms with Crippen LogP contribution < -0.4 is 16.6 Å². The number of carbonyl (C=O) groups excluding carboxylic acids is 1. The maximum atomic E-state index is 12.4. The van der Waals surface area contributed by atoms with Crippen molar-refractivity contribution in [3.8, 4) is 0 Å². The molecule has 3 aromatic rings. The lowest BCUT2D eigenvalue weighted by molar-refractivity contribution is 0.102. The molecule has 0 bridgehead atoms. The summed E-state index contributed by atoms with van der Waals surface area (Å²) in [5.41, 5.74) is 0.186. The van der Waals surface area contributed by atoms with Gasteiger partial charge in [-0.2, -0.15) is 0 Å². The van der Waals surface area contributed by atoms with Crippen LogP contribution in [0.4, 0.5) is 5.69 Å². The molecule has 0 spiro atoms. The van der Waals surface area contributed by atoms with Crippen LogP contribution >= 0.6 is 15.9 Å². The van der Waals surface area contributed by atoms with Gasteiger partial charge in [-0.3, -0.25) is 19.1 Å². The Morgan fingerprint density at radius 1 is 1.28 bits per heavy atom. The van der Waals surface area contributed by atoms with E-state index in [2.05, 4.69) is 31.2 Å². The highest BCUT2D eigenvalue weighted by Crippen LogP contribution is 2.34. The third kappa shape index (κ3) is 3.00. The van der Waals surface area contributed by atoms with Gasteiger partial charge in [-0.05, 0) is 37.1 Å². The second-order valence-electron chi connectivity index (χ2n) is 5.92. The maximum Gasteiger partial charge on any atom is 0.330 e. The first-order chi connectivity index (χ1) is 12.0. The minimum Gasteiger partial charge on any atom is -0.322 e. The minimum atomic E-state index is -0.540. The van der Waals surface area contributed by atoms with Gasteiger partial charge in [-0.25, -0.2) is 9.78 Å². The molecule has 2 heterocycles. The number of halogens is 1. The highest BCUT2D eigenvalue weighted by Gasteiger charge is 2.27. The number of fused-ring (bicyclic) bond motifs is 1. The molecule has 2 aromatic heterocycles. The average Bonchev–Trinajstić information content (AvgIpc) is 3.39. The molecule has 1 aliphatic rings. The SMILES string of the molecule is O=C(Nc1cccc(Br)c1)c1cnc2c(c1)c(=O)[nH]c(=O)n2C1CC1. The topological polar surface area (TPSA) is 96.8 Å². The summed E-state index contributed by atoms with van der Waals surface area (Å²) in [4.78, 5) is 43.1. The molecule has 0 unspecified atom stereocenters. The predicted molar refractivity (Wildman–Crippen MR) is 97.0 cm³/mol. The zero-order chi connectivity index (χ0) is 17.6. The summed E-state index contributed by atoms with van der Waals surface area (Å²) < 4.78 is 2.33. The van der Waals surface area contributed by atoms with Crippen LogP contribution in [-0.4, -0.2) is 20.4 Å². The smallest absolute Gasteiger partial charge is 0.322 e. The predicted octanol–water partition coefficient (Wildman–Crippen LogP) is 2.43. The molecule has 4 rings (SSSR count). The first-order valence-electron chi connectivity index (χ1n) is 7.74. The van der Waals surface area contributed by atoms with Gasteiger partial charge < -0.3 is 5.32 Å². The van der Waals surface area contributed by atoms with Crippen LogP contribution in [0.2, 0.25) is 0 Å². The summed E-state index contributed by atoms with van der Waals surface area (Å²) in [5.74, 6) is -0.379. The van der Waals surface area contributed by atoms with Gasteiger partial charge in [0.25, 0.3) is 11.5 Å².